The molecule has 156 valence electrons. The van der Waals surface area contributed by atoms with Crippen molar-refractivity contribution in [1.29, 1.82) is 0 Å². The molecule has 0 spiro atoms. The lowest BCUT2D eigenvalue weighted by Crippen LogP contribution is -2.48. The second-order valence-electron chi connectivity index (χ2n) is 7.86. The fourth-order valence-corrected chi connectivity index (χ4v) is 2.65. The summed E-state index contributed by atoms with van der Waals surface area (Å²) < 4.78 is 0. The SMILES string of the molecule is CCN(CC(=O)Nc1cc(Cl)ccc1C)CC(=O)N(C)CC(=O)NC(C)(C)C. The van der Waals surface area contributed by atoms with Crippen LogP contribution in [-0.4, -0.2) is 66.3 Å². The molecule has 0 aromatic heterocycles. The Bertz CT molecular complexity index is 716. The van der Waals surface area contributed by atoms with Crippen LogP contribution < -0.4 is 10.6 Å². The minimum absolute atomic E-state index is 0.0262. The lowest BCUT2D eigenvalue weighted by Gasteiger charge is -2.25. The molecule has 0 saturated carbocycles. The van der Waals surface area contributed by atoms with Crippen molar-refractivity contribution < 1.29 is 14.4 Å². The number of anilines is 1. The van der Waals surface area contributed by atoms with E-state index in [0.29, 0.717) is 17.3 Å². The third kappa shape index (κ3) is 8.71. The average Bonchev–Trinajstić information content (AvgIpc) is 2.55. The quantitative estimate of drug-likeness (QED) is 0.688. The largest absolute Gasteiger partial charge is 0.350 e. The van der Waals surface area contributed by atoms with Crippen molar-refractivity contribution >= 4 is 35.0 Å². The van der Waals surface area contributed by atoms with E-state index in [4.69, 9.17) is 11.6 Å². The number of halogens is 1. The third-order valence-electron chi connectivity index (χ3n) is 3.97. The molecule has 0 unspecified atom stereocenters. The normalized spacial score (nSPS) is 11.3. The summed E-state index contributed by atoms with van der Waals surface area (Å²) in [5, 5.41) is 6.18. The summed E-state index contributed by atoms with van der Waals surface area (Å²) in [4.78, 5) is 39.8. The number of rotatable bonds is 8. The molecule has 0 radical (unpaired) electrons. The van der Waals surface area contributed by atoms with E-state index in [0.717, 1.165) is 5.56 Å². The van der Waals surface area contributed by atoms with Gasteiger partial charge in [-0.1, -0.05) is 24.6 Å². The fourth-order valence-electron chi connectivity index (χ4n) is 2.47. The van der Waals surface area contributed by atoms with E-state index in [-0.39, 0.29) is 42.9 Å². The fraction of sp³-hybridized carbons (Fsp3) is 0.550. The summed E-state index contributed by atoms with van der Waals surface area (Å²) in [7, 11) is 1.58. The first-order valence-corrected chi connectivity index (χ1v) is 9.62. The molecular formula is C20H31ClN4O3. The van der Waals surface area contributed by atoms with Crippen molar-refractivity contribution in [3.8, 4) is 0 Å². The number of hydrogen-bond donors (Lipinski definition) is 2. The van der Waals surface area contributed by atoms with Gasteiger partial charge in [0.25, 0.3) is 0 Å². The summed E-state index contributed by atoms with van der Waals surface area (Å²) in [5.74, 6) is -0.675. The van der Waals surface area contributed by atoms with E-state index in [1.54, 1.807) is 24.1 Å². The van der Waals surface area contributed by atoms with E-state index in [2.05, 4.69) is 10.6 Å². The number of nitrogens with one attached hydrogen (secondary N) is 2. The highest BCUT2D eigenvalue weighted by Crippen LogP contribution is 2.20. The van der Waals surface area contributed by atoms with Crippen molar-refractivity contribution in [2.24, 2.45) is 0 Å². The summed E-state index contributed by atoms with van der Waals surface area (Å²) >= 11 is 5.97. The molecule has 0 saturated heterocycles. The van der Waals surface area contributed by atoms with Gasteiger partial charge in [-0.3, -0.25) is 19.3 Å². The van der Waals surface area contributed by atoms with Gasteiger partial charge < -0.3 is 15.5 Å². The van der Waals surface area contributed by atoms with Crippen LogP contribution in [0.25, 0.3) is 0 Å². The van der Waals surface area contributed by atoms with Crippen molar-refractivity contribution in [3.63, 3.8) is 0 Å². The minimum atomic E-state index is -0.354. The smallest absolute Gasteiger partial charge is 0.240 e. The molecule has 7 nitrogen and oxygen atoms in total. The van der Waals surface area contributed by atoms with Gasteiger partial charge in [-0.05, 0) is 51.9 Å². The second kappa shape index (κ2) is 10.4. The van der Waals surface area contributed by atoms with Gasteiger partial charge in [-0.25, -0.2) is 0 Å². The molecule has 1 aromatic rings. The molecule has 0 aliphatic heterocycles. The first-order valence-electron chi connectivity index (χ1n) is 9.24. The Kier molecular flexibility index (Phi) is 8.91. The predicted molar refractivity (Wildman–Crippen MR) is 112 cm³/mol. The minimum Gasteiger partial charge on any atom is -0.350 e. The van der Waals surface area contributed by atoms with Crippen LogP contribution in [0, 0.1) is 6.92 Å². The van der Waals surface area contributed by atoms with Crippen molar-refractivity contribution in [2.75, 3.05) is 38.5 Å². The van der Waals surface area contributed by atoms with Crippen LogP contribution in [0.2, 0.25) is 5.02 Å². The van der Waals surface area contributed by atoms with Gasteiger partial charge in [0.1, 0.15) is 0 Å². The molecular weight excluding hydrogens is 380 g/mol. The number of carbonyl (C=O) groups excluding carboxylic acids is 3. The molecule has 3 amide bonds. The van der Waals surface area contributed by atoms with E-state index in [1.165, 1.54) is 4.90 Å². The number of benzene rings is 1. The zero-order chi connectivity index (χ0) is 21.5. The number of nitrogens with zero attached hydrogens (tertiary/aromatic N) is 2. The van der Waals surface area contributed by atoms with Crippen LogP contribution in [0.3, 0.4) is 0 Å². The Morgan fingerprint density at radius 2 is 1.71 bits per heavy atom. The van der Waals surface area contributed by atoms with Crippen LogP contribution in [0.1, 0.15) is 33.3 Å². The molecule has 0 bridgehead atoms. The zero-order valence-electron chi connectivity index (χ0n) is 17.6. The summed E-state index contributed by atoms with van der Waals surface area (Å²) in [6.07, 6.45) is 0. The molecule has 8 heteroatoms. The Labute approximate surface area is 172 Å². The summed E-state index contributed by atoms with van der Waals surface area (Å²) in [5.41, 5.74) is 1.20. The number of carbonyl (C=O) groups is 3. The first-order chi connectivity index (χ1) is 12.9. The maximum absolute atomic E-state index is 12.4. The Morgan fingerprint density at radius 3 is 2.29 bits per heavy atom. The monoisotopic (exact) mass is 410 g/mol. The zero-order valence-corrected chi connectivity index (χ0v) is 18.3. The van der Waals surface area contributed by atoms with Crippen molar-refractivity contribution in [1.82, 2.24) is 15.1 Å². The molecule has 1 aromatic carbocycles. The maximum Gasteiger partial charge on any atom is 0.240 e. The molecule has 0 atom stereocenters. The van der Waals surface area contributed by atoms with Gasteiger partial charge in [0.05, 0.1) is 19.6 Å². The van der Waals surface area contributed by atoms with Crippen LogP contribution in [0.5, 0.6) is 0 Å². The highest BCUT2D eigenvalue weighted by Gasteiger charge is 2.20. The van der Waals surface area contributed by atoms with Gasteiger partial charge in [0.15, 0.2) is 0 Å². The van der Waals surface area contributed by atoms with E-state index >= 15 is 0 Å². The van der Waals surface area contributed by atoms with Gasteiger partial charge >= 0.3 is 0 Å². The molecule has 0 heterocycles. The van der Waals surface area contributed by atoms with Crippen molar-refractivity contribution in [3.05, 3.63) is 28.8 Å². The Hall–Kier alpha value is -2.12. The highest BCUT2D eigenvalue weighted by atomic mass is 35.5. The van der Waals surface area contributed by atoms with E-state index < -0.39 is 0 Å². The summed E-state index contributed by atoms with van der Waals surface area (Å²) in [6, 6.07) is 5.28. The lowest BCUT2D eigenvalue weighted by molar-refractivity contribution is -0.136. The first kappa shape index (κ1) is 23.9. The number of amides is 3. The predicted octanol–water partition coefficient (Wildman–Crippen LogP) is 2.28. The molecule has 1 rings (SSSR count). The molecule has 0 aliphatic rings. The van der Waals surface area contributed by atoms with Gasteiger partial charge in [0, 0.05) is 23.3 Å². The van der Waals surface area contributed by atoms with Crippen LogP contribution in [-0.2, 0) is 14.4 Å². The third-order valence-corrected chi connectivity index (χ3v) is 4.20. The number of aryl methyl sites for hydroxylation is 1. The standard InChI is InChI=1S/C20H31ClN4O3/c1-7-25(12-17(26)22-16-10-15(21)9-8-14(16)2)13-19(28)24(6)11-18(27)23-20(3,4)5/h8-10H,7,11-13H2,1-6H3,(H,22,26)(H,23,27). The molecule has 0 fully saturated rings. The highest BCUT2D eigenvalue weighted by molar-refractivity contribution is 6.31. The van der Waals surface area contributed by atoms with Crippen LogP contribution in [0.15, 0.2) is 18.2 Å². The lowest BCUT2D eigenvalue weighted by atomic mass is 10.1. The van der Waals surface area contributed by atoms with E-state index in [1.807, 2.05) is 40.7 Å². The average molecular weight is 411 g/mol. The van der Waals surface area contributed by atoms with Crippen LogP contribution in [0.4, 0.5) is 5.69 Å². The van der Waals surface area contributed by atoms with Gasteiger partial charge in [-0.15, -0.1) is 0 Å². The van der Waals surface area contributed by atoms with Gasteiger partial charge in [0.2, 0.25) is 17.7 Å². The molecule has 0 aliphatic carbocycles. The molecule has 2 N–H and O–H groups in total. The number of hydrogen-bond acceptors (Lipinski definition) is 4. The van der Waals surface area contributed by atoms with E-state index in [9.17, 15) is 14.4 Å². The Morgan fingerprint density at radius 1 is 1.07 bits per heavy atom. The van der Waals surface area contributed by atoms with Crippen LogP contribution >= 0.6 is 11.6 Å². The Balaban J connectivity index is 2.58. The summed E-state index contributed by atoms with van der Waals surface area (Å²) in [6.45, 7) is 10.0. The topological polar surface area (TPSA) is 81.8 Å². The van der Waals surface area contributed by atoms with Crippen molar-refractivity contribution in [2.45, 2.75) is 40.2 Å². The second-order valence-corrected chi connectivity index (χ2v) is 8.30. The number of likely N-dealkylation sites (N-methyl/N-ethyl adjacent to an activating group) is 2. The molecule has 28 heavy (non-hydrogen) atoms. The van der Waals surface area contributed by atoms with Gasteiger partial charge in [-0.2, -0.15) is 0 Å². The maximum atomic E-state index is 12.4.